The van der Waals surface area contributed by atoms with Crippen molar-refractivity contribution < 1.29 is 4.79 Å². The molecule has 1 fully saturated rings. The highest BCUT2D eigenvalue weighted by atomic mass is 16.2. The largest absolute Gasteiger partial charge is 0.336 e. The second-order valence-electron chi connectivity index (χ2n) is 7.44. The van der Waals surface area contributed by atoms with Crippen LogP contribution in [0.5, 0.6) is 0 Å². The number of likely N-dealkylation sites (tertiary alicyclic amines) is 1. The number of carbonyl (C=O) groups is 1. The van der Waals surface area contributed by atoms with E-state index in [1.165, 1.54) is 12.8 Å². The minimum atomic E-state index is -0.0237. The van der Waals surface area contributed by atoms with Gasteiger partial charge in [-0.2, -0.15) is 0 Å². The molecule has 0 aliphatic carbocycles. The molecule has 0 spiro atoms. The van der Waals surface area contributed by atoms with Gasteiger partial charge in [-0.15, -0.1) is 0 Å². The zero-order valence-electron chi connectivity index (χ0n) is 16.0. The van der Waals surface area contributed by atoms with Crippen molar-refractivity contribution in [2.24, 2.45) is 0 Å². The molecule has 0 bridgehead atoms. The van der Waals surface area contributed by atoms with E-state index in [9.17, 15) is 4.79 Å². The van der Waals surface area contributed by atoms with Crippen LogP contribution in [-0.4, -0.2) is 44.7 Å². The number of imidazole rings is 1. The number of benzene rings is 1. The Hall–Kier alpha value is -2.66. The van der Waals surface area contributed by atoms with E-state index in [4.69, 9.17) is 0 Å². The predicted octanol–water partition coefficient (Wildman–Crippen LogP) is 3.59. The second kappa shape index (κ2) is 7.53. The molecule has 3 heterocycles. The molecule has 1 aliphatic heterocycles. The number of amides is 1. The molecule has 4 rings (SSSR count). The quantitative estimate of drug-likeness (QED) is 0.696. The van der Waals surface area contributed by atoms with Crippen molar-refractivity contribution >= 4 is 11.6 Å². The van der Waals surface area contributed by atoms with E-state index >= 15 is 0 Å². The van der Waals surface area contributed by atoms with Crippen molar-refractivity contribution in [3.05, 3.63) is 71.7 Å². The van der Waals surface area contributed by atoms with E-state index in [2.05, 4.69) is 21.2 Å². The summed E-state index contributed by atoms with van der Waals surface area (Å²) in [6.45, 7) is 4.67. The Kier molecular flexibility index (Phi) is 4.94. The molecule has 2 aromatic heterocycles. The molecule has 1 saturated heterocycles. The number of fused-ring (bicyclic) bond motifs is 1. The lowest BCUT2D eigenvalue weighted by Crippen LogP contribution is -2.31. The lowest BCUT2D eigenvalue weighted by Gasteiger charge is -2.22. The van der Waals surface area contributed by atoms with Crippen molar-refractivity contribution in [2.45, 2.75) is 38.9 Å². The normalized spacial score (nSPS) is 17.5. The summed E-state index contributed by atoms with van der Waals surface area (Å²) < 4.78 is 2.06. The summed E-state index contributed by atoms with van der Waals surface area (Å²) in [5.41, 5.74) is 3.51. The van der Waals surface area contributed by atoms with E-state index in [0.717, 1.165) is 30.0 Å². The lowest BCUT2D eigenvalue weighted by atomic mass is 10.2. The van der Waals surface area contributed by atoms with Gasteiger partial charge in [0.1, 0.15) is 5.65 Å². The molecule has 0 radical (unpaired) electrons. The molecule has 1 unspecified atom stereocenters. The number of carbonyl (C=O) groups excluding carboxylic acids is 1. The number of pyridine rings is 1. The first-order valence-electron chi connectivity index (χ1n) is 9.63. The third kappa shape index (κ3) is 3.60. The second-order valence-corrected chi connectivity index (χ2v) is 7.44. The Morgan fingerprint density at radius 3 is 2.70 bits per heavy atom. The molecule has 5 nitrogen and oxygen atoms in total. The van der Waals surface area contributed by atoms with E-state index in [-0.39, 0.29) is 5.91 Å². The van der Waals surface area contributed by atoms with Crippen LogP contribution in [0.3, 0.4) is 0 Å². The minimum absolute atomic E-state index is 0.0237. The first kappa shape index (κ1) is 17.7. The van der Waals surface area contributed by atoms with Crippen LogP contribution in [0, 0.1) is 0 Å². The van der Waals surface area contributed by atoms with E-state index < -0.39 is 0 Å². The molecule has 1 aromatic carbocycles. The fourth-order valence-corrected chi connectivity index (χ4v) is 3.90. The highest BCUT2D eigenvalue weighted by molar-refractivity contribution is 5.94. The molecule has 0 N–H and O–H groups in total. The third-order valence-corrected chi connectivity index (χ3v) is 5.48. The highest BCUT2D eigenvalue weighted by Gasteiger charge is 2.27. The first-order chi connectivity index (χ1) is 13.1. The summed E-state index contributed by atoms with van der Waals surface area (Å²) in [6.07, 6.45) is 4.44. The zero-order valence-corrected chi connectivity index (χ0v) is 16.0. The van der Waals surface area contributed by atoms with Crippen molar-refractivity contribution in [2.75, 3.05) is 13.6 Å². The van der Waals surface area contributed by atoms with Crippen LogP contribution >= 0.6 is 0 Å². The summed E-state index contributed by atoms with van der Waals surface area (Å²) in [5, 5.41) is 0. The van der Waals surface area contributed by atoms with Crippen LogP contribution in [0.2, 0.25) is 0 Å². The van der Waals surface area contributed by atoms with Crippen molar-refractivity contribution in [1.82, 2.24) is 19.2 Å². The van der Waals surface area contributed by atoms with Crippen LogP contribution < -0.4 is 0 Å². The van der Waals surface area contributed by atoms with Gasteiger partial charge in [0, 0.05) is 32.4 Å². The molecular weight excluding hydrogens is 336 g/mol. The van der Waals surface area contributed by atoms with Gasteiger partial charge in [-0.1, -0.05) is 36.4 Å². The van der Waals surface area contributed by atoms with Crippen molar-refractivity contribution in [3.8, 4) is 0 Å². The molecule has 140 valence electrons. The molecule has 5 heteroatoms. The molecule has 1 atom stereocenters. The summed E-state index contributed by atoms with van der Waals surface area (Å²) in [7, 11) is 1.85. The maximum Gasteiger partial charge on any atom is 0.274 e. The Morgan fingerprint density at radius 1 is 1.19 bits per heavy atom. The SMILES string of the molecule is CC1CCCN1Cc1c(C(=O)N(C)Cc2ccccc2)nc2ccccn12. The topological polar surface area (TPSA) is 40.9 Å². The third-order valence-electron chi connectivity index (χ3n) is 5.48. The lowest BCUT2D eigenvalue weighted by molar-refractivity contribution is 0.0777. The summed E-state index contributed by atoms with van der Waals surface area (Å²) >= 11 is 0. The number of nitrogens with zero attached hydrogens (tertiary/aromatic N) is 4. The van der Waals surface area contributed by atoms with Gasteiger partial charge in [0.05, 0.1) is 5.69 Å². The summed E-state index contributed by atoms with van der Waals surface area (Å²) in [5.74, 6) is -0.0237. The first-order valence-corrected chi connectivity index (χ1v) is 9.63. The molecule has 1 aliphatic rings. The molecule has 0 saturated carbocycles. The molecule has 1 amide bonds. The van der Waals surface area contributed by atoms with Gasteiger partial charge in [-0.25, -0.2) is 4.98 Å². The average molecular weight is 362 g/mol. The molecule has 3 aromatic rings. The van der Waals surface area contributed by atoms with Gasteiger partial charge >= 0.3 is 0 Å². The van der Waals surface area contributed by atoms with Gasteiger partial charge < -0.3 is 9.30 Å². The average Bonchev–Trinajstić information content (AvgIpc) is 3.26. The Balaban J connectivity index is 1.65. The van der Waals surface area contributed by atoms with Gasteiger partial charge in [0.15, 0.2) is 5.69 Å². The maximum atomic E-state index is 13.2. The van der Waals surface area contributed by atoms with Gasteiger partial charge in [0.25, 0.3) is 5.91 Å². The van der Waals surface area contributed by atoms with Crippen molar-refractivity contribution in [3.63, 3.8) is 0 Å². The number of hydrogen-bond donors (Lipinski definition) is 0. The van der Waals surface area contributed by atoms with Crippen molar-refractivity contribution in [1.29, 1.82) is 0 Å². The fraction of sp³-hybridized carbons (Fsp3) is 0.364. The van der Waals surface area contributed by atoms with Crippen LogP contribution in [-0.2, 0) is 13.1 Å². The Morgan fingerprint density at radius 2 is 1.96 bits per heavy atom. The fourth-order valence-electron chi connectivity index (χ4n) is 3.90. The van der Waals surface area contributed by atoms with Crippen LogP contribution in [0.15, 0.2) is 54.7 Å². The highest BCUT2D eigenvalue weighted by Crippen LogP contribution is 2.23. The Bertz CT molecular complexity index is 934. The zero-order chi connectivity index (χ0) is 18.8. The van der Waals surface area contributed by atoms with Gasteiger partial charge in [-0.3, -0.25) is 9.69 Å². The smallest absolute Gasteiger partial charge is 0.274 e. The predicted molar refractivity (Wildman–Crippen MR) is 107 cm³/mol. The number of aromatic nitrogens is 2. The molecule has 27 heavy (non-hydrogen) atoms. The Labute approximate surface area is 160 Å². The molecular formula is C22H26N4O. The standard InChI is InChI=1S/C22H26N4O/c1-17-9-8-13-25(17)16-19-21(23-20-12-6-7-14-26(19)20)22(27)24(2)15-18-10-4-3-5-11-18/h3-7,10-12,14,17H,8-9,13,15-16H2,1-2H3. The van der Waals surface area contributed by atoms with E-state index in [1.807, 2.05) is 61.8 Å². The monoisotopic (exact) mass is 362 g/mol. The van der Waals surface area contributed by atoms with E-state index in [0.29, 0.717) is 18.3 Å². The van der Waals surface area contributed by atoms with E-state index in [1.54, 1.807) is 4.90 Å². The minimum Gasteiger partial charge on any atom is -0.336 e. The summed E-state index contributed by atoms with van der Waals surface area (Å²) in [4.78, 5) is 22.1. The number of rotatable bonds is 5. The van der Waals surface area contributed by atoms with Crippen LogP contribution in [0.1, 0.15) is 41.5 Å². The van der Waals surface area contributed by atoms with Crippen LogP contribution in [0.4, 0.5) is 0 Å². The summed E-state index contributed by atoms with van der Waals surface area (Å²) in [6, 6.07) is 16.5. The maximum absolute atomic E-state index is 13.2. The van der Waals surface area contributed by atoms with Gasteiger partial charge in [0.2, 0.25) is 0 Å². The van der Waals surface area contributed by atoms with Crippen LogP contribution in [0.25, 0.3) is 5.65 Å². The van der Waals surface area contributed by atoms with Gasteiger partial charge in [-0.05, 0) is 44.0 Å². The number of hydrogen-bond acceptors (Lipinski definition) is 3.